The minimum atomic E-state index is -3.75. The van der Waals surface area contributed by atoms with Gasteiger partial charge in [-0.15, -0.1) is 0 Å². The number of hydrogen-bond acceptors (Lipinski definition) is 3. The van der Waals surface area contributed by atoms with Crippen molar-refractivity contribution >= 4 is 16.0 Å². The zero-order valence-corrected chi connectivity index (χ0v) is 11.8. The predicted octanol–water partition coefficient (Wildman–Crippen LogP) is 1.27. The number of benzene rings is 1. The van der Waals surface area contributed by atoms with Crippen LogP contribution in [0.5, 0.6) is 0 Å². The molecule has 0 radical (unpaired) electrons. The summed E-state index contributed by atoms with van der Waals surface area (Å²) in [5.74, 6) is -1.16. The second kappa shape index (κ2) is 4.94. The Morgan fingerprint density at radius 2 is 1.95 bits per heavy atom. The first-order valence-electron chi connectivity index (χ1n) is 6.16. The minimum Gasteiger partial charge on any atom is -0.480 e. The third kappa shape index (κ3) is 2.50. The van der Waals surface area contributed by atoms with Gasteiger partial charge < -0.3 is 5.11 Å². The Morgan fingerprint density at radius 1 is 1.32 bits per heavy atom. The topological polar surface area (TPSA) is 74.7 Å². The highest BCUT2D eigenvalue weighted by molar-refractivity contribution is 7.89. The van der Waals surface area contributed by atoms with Crippen molar-refractivity contribution in [3.8, 4) is 0 Å². The molecular formula is C13H17NO4S. The van der Waals surface area contributed by atoms with Gasteiger partial charge in [0, 0.05) is 7.05 Å². The number of sulfonamides is 1. The summed E-state index contributed by atoms with van der Waals surface area (Å²) in [5, 5.41) is 8.91. The Balaban J connectivity index is 2.37. The molecule has 0 saturated heterocycles. The van der Waals surface area contributed by atoms with Gasteiger partial charge >= 0.3 is 5.97 Å². The summed E-state index contributed by atoms with van der Waals surface area (Å²) in [6.45, 7) is 1.35. The van der Waals surface area contributed by atoms with Crippen LogP contribution in [0.15, 0.2) is 23.1 Å². The standard InChI is InChI=1S/C13H17NO4S/c1-9(13(15)16)14(2)19(17,18)12-7-6-10-4-3-5-11(10)8-12/h6-9H,3-5H2,1-2H3,(H,15,16)/t9-/m0/s1. The number of aliphatic carboxylic acids is 1. The number of rotatable bonds is 4. The van der Waals surface area contributed by atoms with Gasteiger partial charge in [0.05, 0.1) is 4.90 Å². The van der Waals surface area contributed by atoms with E-state index in [4.69, 9.17) is 5.11 Å². The molecule has 1 N–H and O–H groups in total. The number of carbonyl (C=O) groups is 1. The van der Waals surface area contributed by atoms with Gasteiger partial charge in [-0.2, -0.15) is 4.31 Å². The summed E-state index contributed by atoms with van der Waals surface area (Å²) in [7, 11) is -2.46. The summed E-state index contributed by atoms with van der Waals surface area (Å²) in [4.78, 5) is 11.1. The lowest BCUT2D eigenvalue weighted by molar-refractivity contribution is -0.140. The van der Waals surface area contributed by atoms with E-state index in [0.717, 1.165) is 29.1 Å². The molecule has 0 unspecified atom stereocenters. The number of aryl methyl sites for hydroxylation is 2. The number of hydrogen-bond donors (Lipinski definition) is 1. The highest BCUT2D eigenvalue weighted by Gasteiger charge is 2.30. The summed E-state index contributed by atoms with van der Waals surface area (Å²) < 4.78 is 25.6. The Bertz CT molecular complexity index is 609. The average molecular weight is 283 g/mol. The maximum Gasteiger partial charge on any atom is 0.321 e. The molecule has 0 amide bonds. The molecule has 1 aliphatic rings. The van der Waals surface area contributed by atoms with E-state index in [1.54, 1.807) is 12.1 Å². The lowest BCUT2D eigenvalue weighted by Gasteiger charge is -2.21. The number of nitrogens with zero attached hydrogens (tertiary/aromatic N) is 1. The largest absolute Gasteiger partial charge is 0.480 e. The Kier molecular flexibility index (Phi) is 3.64. The second-order valence-corrected chi connectivity index (χ2v) is 6.82. The van der Waals surface area contributed by atoms with E-state index in [1.165, 1.54) is 19.5 Å². The van der Waals surface area contributed by atoms with Gasteiger partial charge in [0.25, 0.3) is 0 Å². The maximum atomic E-state index is 12.3. The third-order valence-electron chi connectivity index (χ3n) is 3.65. The predicted molar refractivity (Wildman–Crippen MR) is 70.5 cm³/mol. The highest BCUT2D eigenvalue weighted by Crippen LogP contribution is 2.26. The molecule has 0 spiro atoms. The molecular weight excluding hydrogens is 266 g/mol. The van der Waals surface area contributed by atoms with Crippen molar-refractivity contribution in [1.82, 2.24) is 4.31 Å². The molecule has 0 heterocycles. The molecule has 0 fully saturated rings. The first-order chi connectivity index (χ1) is 8.84. The van der Waals surface area contributed by atoms with Crippen LogP contribution in [0.4, 0.5) is 0 Å². The van der Waals surface area contributed by atoms with Crippen LogP contribution in [-0.2, 0) is 27.7 Å². The Hall–Kier alpha value is -1.40. The molecule has 2 rings (SSSR count). The van der Waals surface area contributed by atoms with Crippen LogP contribution in [0.3, 0.4) is 0 Å². The van der Waals surface area contributed by atoms with E-state index in [2.05, 4.69) is 0 Å². The molecule has 1 atom stereocenters. The second-order valence-electron chi connectivity index (χ2n) is 4.82. The summed E-state index contributed by atoms with van der Waals surface area (Å²) in [5.41, 5.74) is 2.24. The number of carboxylic acid groups (broad SMARTS) is 1. The fourth-order valence-electron chi connectivity index (χ4n) is 2.24. The summed E-state index contributed by atoms with van der Waals surface area (Å²) in [6, 6.07) is 3.97. The van der Waals surface area contributed by atoms with E-state index in [9.17, 15) is 13.2 Å². The first kappa shape index (κ1) is 14.0. The van der Waals surface area contributed by atoms with Crippen molar-refractivity contribution in [2.75, 3.05) is 7.05 Å². The van der Waals surface area contributed by atoms with Crippen molar-refractivity contribution in [2.45, 2.75) is 37.1 Å². The van der Waals surface area contributed by atoms with Crippen LogP contribution < -0.4 is 0 Å². The van der Waals surface area contributed by atoms with E-state index < -0.39 is 22.0 Å². The van der Waals surface area contributed by atoms with Gasteiger partial charge in [-0.3, -0.25) is 4.79 Å². The average Bonchev–Trinajstić information content (AvgIpc) is 2.83. The van der Waals surface area contributed by atoms with Gasteiger partial charge in [-0.25, -0.2) is 8.42 Å². The quantitative estimate of drug-likeness (QED) is 0.903. The van der Waals surface area contributed by atoms with Gasteiger partial charge in [0.1, 0.15) is 6.04 Å². The van der Waals surface area contributed by atoms with Crippen molar-refractivity contribution in [3.63, 3.8) is 0 Å². The molecule has 6 heteroatoms. The molecule has 1 aromatic carbocycles. The fraction of sp³-hybridized carbons (Fsp3) is 0.462. The van der Waals surface area contributed by atoms with Crippen LogP contribution in [0, 0.1) is 0 Å². The molecule has 0 saturated carbocycles. The lowest BCUT2D eigenvalue weighted by atomic mass is 10.1. The minimum absolute atomic E-state index is 0.170. The molecule has 0 aliphatic heterocycles. The molecule has 1 aromatic rings. The molecule has 104 valence electrons. The van der Waals surface area contributed by atoms with E-state index in [1.807, 2.05) is 6.07 Å². The van der Waals surface area contributed by atoms with Crippen molar-refractivity contribution in [2.24, 2.45) is 0 Å². The summed E-state index contributed by atoms with van der Waals surface area (Å²) >= 11 is 0. The normalized spacial score (nSPS) is 16.4. The van der Waals surface area contributed by atoms with Gasteiger partial charge in [0.2, 0.25) is 10.0 Å². The number of likely N-dealkylation sites (N-methyl/N-ethyl adjacent to an activating group) is 1. The van der Waals surface area contributed by atoms with Crippen LogP contribution >= 0.6 is 0 Å². The van der Waals surface area contributed by atoms with Crippen molar-refractivity contribution in [1.29, 1.82) is 0 Å². The Morgan fingerprint density at radius 3 is 2.58 bits per heavy atom. The molecule has 0 bridgehead atoms. The molecule has 19 heavy (non-hydrogen) atoms. The van der Waals surface area contributed by atoms with Gasteiger partial charge in [-0.05, 0) is 49.4 Å². The number of fused-ring (bicyclic) bond motifs is 1. The fourth-order valence-corrected chi connectivity index (χ4v) is 3.61. The maximum absolute atomic E-state index is 12.3. The van der Waals surface area contributed by atoms with E-state index in [0.29, 0.717) is 0 Å². The third-order valence-corrected chi connectivity index (χ3v) is 5.57. The monoisotopic (exact) mass is 283 g/mol. The molecule has 0 aromatic heterocycles. The highest BCUT2D eigenvalue weighted by atomic mass is 32.2. The molecule has 5 nitrogen and oxygen atoms in total. The Labute approximate surface area is 112 Å². The van der Waals surface area contributed by atoms with Gasteiger partial charge in [0.15, 0.2) is 0 Å². The van der Waals surface area contributed by atoms with E-state index >= 15 is 0 Å². The van der Waals surface area contributed by atoms with Crippen LogP contribution in [0.25, 0.3) is 0 Å². The van der Waals surface area contributed by atoms with Crippen LogP contribution in [0.1, 0.15) is 24.5 Å². The SMILES string of the molecule is C[C@@H](C(=O)O)N(C)S(=O)(=O)c1ccc2c(c1)CCC2. The van der Waals surface area contributed by atoms with Crippen molar-refractivity contribution < 1.29 is 18.3 Å². The van der Waals surface area contributed by atoms with Crippen molar-refractivity contribution in [3.05, 3.63) is 29.3 Å². The van der Waals surface area contributed by atoms with Crippen LogP contribution in [0.2, 0.25) is 0 Å². The van der Waals surface area contributed by atoms with Gasteiger partial charge in [-0.1, -0.05) is 6.07 Å². The van der Waals surface area contributed by atoms with E-state index in [-0.39, 0.29) is 4.90 Å². The summed E-state index contributed by atoms with van der Waals surface area (Å²) in [6.07, 6.45) is 2.91. The van der Waals surface area contributed by atoms with Crippen LogP contribution in [-0.4, -0.2) is 36.9 Å². The lowest BCUT2D eigenvalue weighted by Crippen LogP contribution is -2.40. The zero-order valence-electron chi connectivity index (χ0n) is 11.0. The zero-order chi connectivity index (χ0) is 14.2. The first-order valence-corrected chi connectivity index (χ1v) is 7.60. The molecule has 1 aliphatic carbocycles. The number of carboxylic acids is 1. The smallest absolute Gasteiger partial charge is 0.321 e.